The minimum atomic E-state index is -3.47. The first-order chi connectivity index (χ1) is 7.09. The summed E-state index contributed by atoms with van der Waals surface area (Å²) in [6, 6.07) is 0. The Morgan fingerprint density at radius 2 is 2.20 bits per heavy atom. The van der Waals surface area contributed by atoms with E-state index in [-0.39, 0.29) is 0 Å². The van der Waals surface area contributed by atoms with Crippen molar-refractivity contribution in [3.63, 3.8) is 0 Å². The van der Waals surface area contributed by atoms with Crippen LogP contribution in [-0.2, 0) is 16.6 Å². The Bertz CT molecular complexity index is 399. The number of aromatic nitrogens is 2. The standard InChI is InChI=1S/C8H16N4O2S/c1-3-5-10-15(13,14)12-8-7(4-2)6-9-11-8/h6,10H,3-5H2,1-2H3,(H2,9,11,12). The molecular weight excluding hydrogens is 216 g/mol. The van der Waals surface area contributed by atoms with Crippen LogP contribution in [0.1, 0.15) is 25.8 Å². The van der Waals surface area contributed by atoms with Gasteiger partial charge in [-0.05, 0) is 12.8 Å². The van der Waals surface area contributed by atoms with Crippen molar-refractivity contribution in [3.05, 3.63) is 11.8 Å². The number of nitrogens with one attached hydrogen (secondary N) is 3. The van der Waals surface area contributed by atoms with E-state index in [1.807, 2.05) is 13.8 Å². The van der Waals surface area contributed by atoms with Gasteiger partial charge < -0.3 is 0 Å². The molecule has 0 saturated carbocycles. The zero-order chi connectivity index (χ0) is 11.3. The summed E-state index contributed by atoms with van der Waals surface area (Å²) in [6.45, 7) is 4.25. The van der Waals surface area contributed by atoms with Crippen molar-refractivity contribution in [3.8, 4) is 0 Å². The molecule has 0 atom stereocenters. The first kappa shape index (κ1) is 12.0. The Kier molecular flexibility index (Phi) is 4.10. The van der Waals surface area contributed by atoms with Gasteiger partial charge >= 0.3 is 0 Å². The molecule has 7 heteroatoms. The third kappa shape index (κ3) is 3.52. The van der Waals surface area contributed by atoms with Crippen molar-refractivity contribution in [1.82, 2.24) is 14.9 Å². The third-order valence-corrected chi connectivity index (χ3v) is 2.93. The molecule has 0 aliphatic heterocycles. The third-order valence-electron chi connectivity index (χ3n) is 1.88. The van der Waals surface area contributed by atoms with Crippen LogP contribution in [0, 0.1) is 0 Å². The molecule has 0 aliphatic carbocycles. The van der Waals surface area contributed by atoms with Crippen LogP contribution in [-0.4, -0.2) is 25.2 Å². The number of anilines is 1. The van der Waals surface area contributed by atoms with Crippen LogP contribution in [0.2, 0.25) is 0 Å². The minimum absolute atomic E-state index is 0.422. The van der Waals surface area contributed by atoms with Crippen molar-refractivity contribution in [2.45, 2.75) is 26.7 Å². The van der Waals surface area contributed by atoms with Crippen LogP contribution in [0.3, 0.4) is 0 Å². The SMILES string of the molecule is CCCNS(=O)(=O)Nc1[nH]ncc1CC. The predicted octanol–water partition coefficient (Wildman–Crippen LogP) is 0.628. The van der Waals surface area contributed by atoms with Gasteiger partial charge in [0.05, 0.1) is 6.20 Å². The molecule has 1 aromatic rings. The summed E-state index contributed by atoms with van der Waals surface area (Å²) < 4.78 is 27.7. The van der Waals surface area contributed by atoms with Crippen LogP contribution < -0.4 is 9.44 Å². The summed E-state index contributed by atoms with van der Waals surface area (Å²) in [5, 5.41) is 6.39. The van der Waals surface area contributed by atoms with Gasteiger partial charge in [0.2, 0.25) is 0 Å². The Morgan fingerprint density at radius 1 is 1.47 bits per heavy atom. The lowest BCUT2D eigenvalue weighted by Crippen LogP contribution is -2.31. The van der Waals surface area contributed by atoms with E-state index in [0.717, 1.165) is 18.4 Å². The molecule has 0 unspecified atom stereocenters. The van der Waals surface area contributed by atoms with E-state index in [1.165, 1.54) is 0 Å². The second-order valence-electron chi connectivity index (χ2n) is 3.12. The van der Waals surface area contributed by atoms with Crippen LogP contribution in [0.4, 0.5) is 5.82 Å². The monoisotopic (exact) mass is 232 g/mol. The fraction of sp³-hybridized carbons (Fsp3) is 0.625. The molecule has 0 aromatic carbocycles. The highest BCUT2D eigenvalue weighted by Crippen LogP contribution is 2.12. The van der Waals surface area contributed by atoms with Gasteiger partial charge in [0, 0.05) is 12.1 Å². The Labute approximate surface area is 89.6 Å². The Hall–Kier alpha value is -1.08. The van der Waals surface area contributed by atoms with E-state index in [4.69, 9.17) is 0 Å². The Balaban J connectivity index is 2.68. The van der Waals surface area contributed by atoms with E-state index in [1.54, 1.807) is 6.20 Å². The Morgan fingerprint density at radius 3 is 2.80 bits per heavy atom. The summed E-state index contributed by atoms with van der Waals surface area (Å²) in [5.74, 6) is 0.432. The van der Waals surface area contributed by atoms with Crippen molar-refractivity contribution in [2.75, 3.05) is 11.3 Å². The molecule has 0 fully saturated rings. The molecule has 1 aromatic heterocycles. The highest BCUT2D eigenvalue weighted by atomic mass is 32.2. The van der Waals surface area contributed by atoms with E-state index in [9.17, 15) is 8.42 Å². The fourth-order valence-electron chi connectivity index (χ4n) is 1.07. The van der Waals surface area contributed by atoms with Crippen LogP contribution in [0.15, 0.2) is 6.20 Å². The quantitative estimate of drug-likeness (QED) is 0.672. The van der Waals surface area contributed by atoms with Gasteiger partial charge in [0.25, 0.3) is 10.2 Å². The van der Waals surface area contributed by atoms with Crippen molar-refractivity contribution >= 4 is 16.0 Å². The number of rotatable bonds is 6. The highest BCUT2D eigenvalue weighted by Gasteiger charge is 2.12. The summed E-state index contributed by atoms with van der Waals surface area (Å²) in [4.78, 5) is 0. The minimum Gasteiger partial charge on any atom is -0.262 e. The second kappa shape index (κ2) is 5.13. The number of nitrogens with zero attached hydrogens (tertiary/aromatic N) is 1. The van der Waals surface area contributed by atoms with E-state index >= 15 is 0 Å². The van der Waals surface area contributed by atoms with E-state index in [0.29, 0.717) is 12.4 Å². The lowest BCUT2D eigenvalue weighted by atomic mass is 10.3. The number of aromatic amines is 1. The van der Waals surface area contributed by atoms with Crippen LogP contribution in [0.25, 0.3) is 0 Å². The van der Waals surface area contributed by atoms with Gasteiger partial charge in [-0.1, -0.05) is 13.8 Å². The van der Waals surface area contributed by atoms with Gasteiger partial charge in [-0.2, -0.15) is 18.2 Å². The molecule has 0 saturated heterocycles. The maximum absolute atomic E-state index is 11.5. The molecule has 1 rings (SSSR count). The molecule has 0 bridgehead atoms. The van der Waals surface area contributed by atoms with Gasteiger partial charge in [-0.25, -0.2) is 0 Å². The fourth-order valence-corrected chi connectivity index (χ4v) is 2.06. The smallest absolute Gasteiger partial charge is 0.262 e. The molecule has 0 amide bonds. The summed E-state index contributed by atoms with van der Waals surface area (Å²) >= 11 is 0. The lowest BCUT2D eigenvalue weighted by Gasteiger charge is -2.07. The first-order valence-corrected chi connectivity index (χ1v) is 6.37. The first-order valence-electron chi connectivity index (χ1n) is 4.88. The van der Waals surface area contributed by atoms with Crippen molar-refractivity contribution in [1.29, 1.82) is 0 Å². The van der Waals surface area contributed by atoms with Gasteiger partial charge in [0.1, 0.15) is 5.82 Å². The van der Waals surface area contributed by atoms with E-state index in [2.05, 4.69) is 19.6 Å². The average molecular weight is 232 g/mol. The maximum atomic E-state index is 11.5. The molecule has 1 heterocycles. The highest BCUT2D eigenvalue weighted by molar-refractivity contribution is 7.90. The number of hydrogen-bond donors (Lipinski definition) is 3. The summed E-state index contributed by atoms with van der Waals surface area (Å²) in [5.41, 5.74) is 0.844. The van der Waals surface area contributed by atoms with Gasteiger partial charge in [-0.3, -0.25) is 9.82 Å². The van der Waals surface area contributed by atoms with Gasteiger partial charge in [0.15, 0.2) is 0 Å². The maximum Gasteiger partial charge on any atom is 0.300 e. The number of hydrogen-bond acceptors (Lipinski definition) is 3. The molecule has 3 N–H and O–H groups in total. The van der Waals surface area contributed by atoms with Crippen LogP contribution in [0.5, 0.6) is 0 Å². The predicted molar refractivity (Wildman–Crippen MR) is 58.8 cm³/mol. The number of aryl methyl sites for hydroxylation is 1. The molecular formula is C8H16N4O2S. The summed E-state index contributed by atoms with van der Waals surface area (Å²) in [7, 11) is -3.47. The summed E-state index contributed by atoms with van der Waals surface area (Å²) in [6.07, 6.45) is 3.09. The topological polar surface area (TPSA) is 86.9 Å². The normalized spacial score (nSPS) is 11.6. The number of H-pyrrole nitrogens is 1. The van der Waals surface area contributed by atoms with Crippen molar-refractivity contribution < 1.29 is 8.42 Å². The molecule has 86 valence electrons. The zero-order valence-electron chi connectivity index (χ0n) is 8.87. The molecule has 0 radical (unpaired) electrons. The molecule has 15 heavy (non-hydrogen) atoms. The van der Waals surface area contributed by atoms with Crippen molar-refractivity contribution in [2.24, 2.45) is 0 Å². The lowest BCUT2D eigenvalue weighted by molar-refractivity contribution is 0.586. The second-order valence-corrected chi connectivity index (χ2v) is 4.62. The van der Waals surface area contributed by atoms with Gasteiger partial charge in [-0.15, -0.1) is 0 Å². The van der Waals surface area contributed by atoms with E-state index < -0.39 is 10.2 Å². The zero-order valence-corrected chi connectivity index (χ0v) is 9.69. The molecule has 6 nitrogen and oxygen atoms in total. The van der Waals surface area contributed by atoms with Crippen LogP contribution >= 0.6 is 0 Å². The largest absolute Gasteiger partial charge is 0.300 e. The molecule has 0 spiro atoms. The molecule has 0 aliphatic rings. The average Bonchev–Trinajstić information content (AvgIpc) is 2.61.